The molecule has 96 valence electrons. The zero-order valence-electron chi connectivity index (χ0n) is 10.6. The lowest BCUT2D eigenvalue weighted by molar-refractivity contribution is 0.425. The zero-order chi connectivity index (χ0) is 13.0. The third-order valence-corrected chi connectivity index (χ3v) is 2.52. The van der Waals surface area contributed by atoms with Crippen LogP contribution in [-0.4, -0.2) is 15.6 Å². The Morgan fingerprint density at radius 3 is 2.83 bits per heavy atom. The lowest BCUT2D eigenvalue weighted by Crippen LogP contribution is -2.21. The quantitative estimate of drug-likeness (QED) is 0.867. The number of furan rings is 1. The van der Waals surface area contributed by atoms with Crippen LogP contribution in [0.3, 0.4) is 0 Å². The third kappa shape index (κ3) is 3.30. The number of hydrogen-bond donors (Lipinski definition) is 1. The maximum atomic E-state index is 11.5. The number of nitrogens with zero attached hydrogens (tertiary/aromatic N) is 2. The molecule has 0 aliphatic carbocycles. The van der Waals surface area contributed by atoms with Crippen LogP contribution in [0.1, 0.15) is 25.4 Å². The molecule has 0 bridgehead atoms. The first-order valence-corrected chi connectivity index (χ1v) is 5.96. The molecule has 0 unspecified atom stereocenters. The second kappa shape index (κ2) is 5.64. The first-order chi connectivity index (χ1) is 8.65. The van der Waals surface area contributed by atoms with Gasteiger partial charge in [-0.25, -0.2) is 4.98 Å². The summed E-state index contributed by atoms with van der Waals surface area (Å²) in [4.78, 5) is 15.4. The van der Waals surface area contributed by atoms with Gasteiger partial charge in [-0.3, -0.25) is 9.36 Å². The fraction of sp³-hybridized carbons (Fsp3) is 0.385. The van der Waals surface area contributed by atoms with Crippen molar-refractivity contribution in [3.63, 3.8) is 0 Å². The molecule has 18 heavy (non-hydrogen) atoms. The minimum atomic E-state index is -0.0803. The molecular formula is C13H17N3O2. The highest BCUT2D eigenvalue weighted by Crippen LogP contribution is 2.08. The van der Waals surface area contributed by atoms with Crippen LogP contribution >= 0.6 is 0 Å². The summed E-state index contributed by atoms with van der Waals surface area (Å²) >= 11 is 0. The van der Waals surface area contributed by atoms with Gasteiger partial charge in [-0.2, -0.15) is 0 Å². The van der Waals surface area contributed by atoms with E-state index in [4.69, 9.17) is 4.42 Å². The Balaban J connectivity index is 2.03. The second-order valence-electron chi connectivity index (χ2n) is 4.45. The second-order valence-corrected chi connectivity index (χ2v) is 4.45. The summed E-state index contributed by atoms with van der Waals surface area (Å²) in [7, 11) is 0. The zero-order valence-corrected chi connectivity index (χ0v) is 10.6. The molecule has 0 saturated heterocycles. The molecule has 2 rings (SSSR count). The van der Waals surface area contributed by atoms with Crippen LogP contribution in [0.15, 0.2) is 39.9 Å². The van der Waals surface area contributed by atoms with Crippen molar-refractivity contribution in [2.75, 3.05) is 0 Å². The van der Waals surface area contributed by atoms with Gasteiger partial charge >= 0.3 is 0 Å². The van der Waals surface area contributed by atoms with Crippen LogP contribution in [0.4, 0.5) is 0 Å². The van der Waals surface area contributed by atoms with Gasteiger partial charge in [-0.05, 0) is 12.1 Å². The highest BCUT2D eigenvalue weighted by atomic mass is 16.3. The van der Waals surface area contributed by atoms with Gasteiger partial charge < -0.3 is 9.73 Å². The Morgan fingerprint density at radius 2 is 2.11 bits per heavy atom. The van der Waals surface area contributed by atoms with Crippen LogP contribution in [-0.2, 0) is 13.1 Å². The summed E-state index contributed by atoms with van der Waals surface area (Å²) in [5.41, 5.74) is -0.0803. The van der Waals surface area contributed by atoms with Crippen molar-refractivity contribution in [3.05, 3.63) is 52.6 Å². The van der Waals surface area contributed by atoms with E-state index < -0.39 is 0 Å². The van der Waals surface area contributed by atoms with Crippen LogP contribution in [0.5, 0.6) is 0 Å². The molecule has 0 spiro atoms. The van der Waals surface area contributed by atoms with Crippen molar-refractivity contribution in [2.24, 2.45) is 0 Å². The van der Waals surface area contributed by atoms with Gasteiger partial charge in [0.2, 0.25) is 0 Å². The lowest BCUT2D eigenvalue weighted by Gasteiger charge is -2.05. The Labute approximate surface area is 105 Å². The molecule has 2 aromatic heterocycles. The van der Waals surface area contributed by atoms with E-state index in [9.17, 15) is 4.79 Å². The summed E-state index contributed by atoms with van der Waals surface area (Å²) in [6.07, 6.45) is 3.00. The Hall–Kier alpha value is -1.88. The van der Waals surface area contributed by atoms with Gasteiger partial charge in [0.15, 0.2) is 0 Å². The van der Waals surface area contributed by atoms with E-state index in [-0.39, 0.29) is 5.56 Å². The minimum Gasteiger partial charge on any atom is -0.463 e. The molecule has 0 radical (unpaired) electrons. The molecule has 2 heterocycles. The van der Waals surface area contributed by atoms with Crippen molar-refractivity contribution in [3.8, 4) is 0 Å². The summed E-state index contributed by atoms with van der Waals surface area (Å²) in [6, 6.07) is 5.66. The molecule has 0 aliphatic rings. The van der Waals surface area contributed by atoms with E-state index in [1.165, 1.54) is 23.2 Å². The SMILES string of the molecule is CC(C)NCc1ccc(Cn2cnccc2=O)o1. The standard InChI is InChI=1S/C13H17N3O2/c1-10(2)15-7-11-3-4-12(18-11)8-16-9-14-6-5-13(16)17/h3-6,9-10,15H,7-8H2,1-2H3. The first kappa shape index (κ1) is 12.6. The van der Waals surface area contributed by atoms with Gasteiger partial charge in [0, 0.05) is 18.3 Å². The molecule has 0 amide bonds. The maximum absolute atomic E-state index is 11.5. The maximum Gasteiger partial charge on any atom is 0.253 e. The highest BCUT2D eigenvalue weighted by molar-refractivity contribution is 5.07. The van der Waals surface area contributed by atoms with E-state index in [1.54, 1.807) is 0 Å². The number of rotatable bonds is 5. The summed E-state index contributed by atoms with van der Waals surface area (Å²) in [6.45, 7) is 5.27. The number of hydrogen-bond acceptors (Lipinski definition) is 4. The molecule has 0 aliphatic heterocycles. The van der Waals surface area contributed by atoms with E-state index in [0.717, 1.165) is 11.5 Å². The van der Waals surface area contributed by atoms with E-state index in [0.29, 0.717) is 19.1 Å². The topological polar surface area (TPSA) is 60.1 Å². The lowest BCUT2D eigenvalue weighted by atomic mass is 10.3. The molecular weight excluding hydrogens is 230 g/mol. The van der Waals surface area contributed by atoms with Crippen molar-refractivity contribution in [2.45, 2.75) is 33.0 Å². The molecule has 2 aromatic rings. The summed E-state index contributed by atoms with van der Waals surface area (Å²) in [5, 5.41) is 3.28. The number of aromatic nitrogens is 2. The molecule has 0 saturated carbocycles. The Bertz CT molecular complexity index is 557. The average Bonchev–Trinajstić information content (AvgIpc) is 2.77. The molecule has 5 heteroatoms. The molecule has 0 fully saturated rings. The van der Waals surface area contributed by atoms with Gasteiger partial charge in [0.1, 0.15) is 11.5 Å². The van der Waals surface area contributed by atoms with E-state index >= 15 is 0 Å². The van der Waals surface area contributed by atoms with E-state index in [2.05, 4.69) is 24.1 Å². The van der Waals surface area contributed by atoms with Gasteiger partial charge in [-0.15, -0.1) is 0 Å². The normalized spacial score (nSPS) is 11.1. The van der Waals surface area contributed by atoms with Crippen molar-refractivity contribution in [1.82, 2.24) is 14.9 Å². The predicted molar refractivity (Wildman–Crippen MR) is 68.3 cm³/mol. The smallest absolute Gasteiger partial charge is 0.253 e. The first-order valence-electron chi connectivity index (χ1n) is 5.96. The van der Waals surface area contributed by atoms with Crippen LogP contribution in [0, 0.1) is 0 Å². The molecule has 5 nitrogen and oxygen atoms in total. The largest absolute Gasteiger partial charge is 0.463 e. The van der Waals surface area contributed by atoms with Gasteiger partial charge in [0.25, 0.3) is 5.56 Å². The molecule has 0 aromatic carbocycles. The van der Waals surface area contributed by atoms with Crippen LogP contribution in [0.25, 0.3) is 0 Å². The Morgan fingerprint density at radius 1 is 1.33 bits per heavy atom. The van der Waals surface area contributed by atoms with Crippen LogP contribution < -0.4 is 10.9 Å². The van der Waals surface area contributed by atoms with E-state index in [1.807, 2.05) is 12.1 Å². The fourth-order valence-corrected chi connectivity index (χ4v) is 1.57. The number of nitrogens with one attached hydrogen (secondary N) is 1. The predicted octanol–water partition coefficient (Wildman–Crippen LogP) is 1.38. The average molecular weight is 247 g/mol. The fourth-order valence-electron chi connectivity index (χ4n) is 1.57. The van der Waals surface area contributed by atoms with Crippen molar-refractivity contribution >= 4 is 0 Å². The minimum absolute atomic E-state index is 0.0803. The monoisotopic (exact) mass is 247 g/mol. The third-order valence-electron chi connectivity index (χ3n) is 2.52. The van der Waals surface area contributed by atoms with Gasteiger partial charge in [-0.1, -0.05) is 13.8 Å². The summed E-state index contributed by atoms with van der Waals surface area (Å²) < 4.78 is 7.16. The van der Waals surface area contributed by atoms with Crippen molar-refractivity contribution < 1.29 is 4.42 Å². The van der Waals surface area contributed by atoms with Gasteiger partial charge in [0.05, 0.1) is 19.4 Å². The molecule has 0 atom stereocenters. The Kier molecular flexibility index (Phi) is 3.94. The highest BCUT2D eigenvalue weighted by Gasteiger charge is 2.04. The van der Waals surface area contributed by atoms with Crippen molar-refractivity contribution in [1.29, 1.82) is 0 Å². The molecule has 1 N–H and O–H groups in total. The summed E-state index contributed by atoms with van der Waals surface area (Å²) in [5.74, 6) is 1.63. The van der Waals surface area contributed by atoms with Crippen LogP contribution in [0.2, 0.25) is 0 Å².